The number of anilines is 1. The Hall–Kier alpha value is -2.23. The van der Waals surface area contributed by atoms with E-state index in [0.29, 0.717) is 5.03 Å². The number of thiophene rings is 1. The van der Waals surface area contributed by atoms with Crippen LogP contribution in [0.4, 0.5) is 5.69 Å². The van der Waals surface area contributed by atoms with Crippen LogP contribution in [0.5, 0.6) is 0 Å². The lowest BCUT2D eigenvalue weighted by Gasteiger charge is -2.38. The highest BCUT2D eigenvalue weighted by Crippen LogP contribution is 2.38. The number of aryl methyl sites for hydroxylation is 1. The van der Waals surface area contributed by atoms with Gasteiger partial charge in [0.25, 0.3) is 5.91 Å². The molecular weight excluding hydrogens is 326 g/mol. The minimum Gasteiger partial charge on any atom is -0.326 e. The number of benzene rings is 1. The number of nitrogens with one attached hydrogen (secondary N) is 1. The number of thiol groups is 1. The summed E-state index contributed by atoms with van der Waals surface area (Å²) in [6.07, 6.45) is 0.487. The molecule has 116 valence electrons. The van der Waals surface area contributed by atoms with Gasteiger partial charge in [-0.3, -0.25) is 4.79 Å². The third-order valence-electron chi connectivity index (χ3n) is 3.76. The van der Waals surface area contributed by atoms with E-state index < -0.39 is 0 Å². The molecule has 0 saturated heterocycles. The molecule has 6 heteroatoms. The van der Waals surface area contributed by atoms with Crippen molar-refractivity contribution in [3.8, 4) is 6.07 Å². The van der Waals surface area contributed by atoms with Crippen molar-refractivity contribution in [1.29, 1.82) is 5.26 Å². The predicted molar refractivity (Wildman–Crippen MR) is 95.1 cm³/mol. The molecule has 1 aromatic heterocycles. The van der Waals surface area contributed by atoms with E-state index >= 15 is 0 Å². The minimum atomic E-state index is -0.388. The van der Waals surface area contributed by atoms with Gasteiger partial charge in [-0.05, 0) is 29.5 Å². The lowest BCUT2D eigenvalue weighted by Crippen LogP contribution is -2.46. The third kappa shape index (κ3) is 2.74. The summed E-state index contributed by atoms with van der Waals surface area (Å²) in [5, 5.41) is 14.6. The van der Waals surface area contributed by atoms with E-state index in [1.54, 1.807) is 11.3 Å². The topological polar surface area (TPSA) is 56.1 Å². The van der Waals surface area contributed by atoms with Crippen LogP contribution in [0.25, 0.3) is 0 Å². The van der Waals surface area contributed by atoms with Gasteiger partial charge >= 0.3 is 0 Å². The zero-order valence-corrected chi connectivity index (χ0v) is 14.2. The molecule has 1 amide bonds. The maximum Gasteiger partial charge on any atom is 0.266 e. The van der Waals surface area contributed by atoms with Gasteiger partial charge in [0.2, 0.25) is 0 Å². The van der Waals surface area contributed by atoms with Crippen LogP contribution in [0.2, 0.25) is 0 Å². The summed E-state index contributed by atoms with van der Waals surface area (Å²) in [4.78, 5) is 15.1. The first-order chi connectivity index (χ1) is 11.2. The first kappa shape index (κ1) is 15.7. The number of hydrogen-bond acceptors (Lipinski definition) is 5. The molecule has 2 heterocycles. The molecule has 2 aromatic rings. The van der Waals surface area contributed by atoms with Gasteiger partial charge in [0.1, 0.15) is 17.8 Å². The van der Waals surface area contributed by atoms with Crippen LogP contribution in [-0.4, -0.2) is 5.91 Å². The number of nitrogens with zero attached hydrogens (tertiary/aromatic N) is 2. The van der Waals surface area contributed by atoms with E-state index in [-0.39, 0.29) is 17.6 Å². The summed E-state index contributed by atoms with van der Waals surface area (Å²) < 4.78 is 0. The van der Waals surface area contributed by atoms with Gasteiger partial charge in [-0.15, -0.1) is 24.0 Å². The predicted octanol–water partition coefficient (Wildman–Crippen LogP) is 3.61. The Morgan fingerprint density at radius 2 is 2.13 bits per heavy atom. The van der Waals surface area contributed by atoms with Crippen molar-refractivity contribution >= 4 is 35.6 Å². The first-order valence-electron chi connectivity index (χ1n) is 7.22. The molecule has 1 N–H and O–H groups in total. The Bertz CT molecular complexity index is 805. The van der Waals surface area contributed by atoms with Gasteiger partial charge in [-0.2, -0.15) is 5.26 Å². The summed E-state index contributed by atoms with van der Waals surface area (Å²) in [7, 11) is 0. The summed E-state index contributed by atoms with van der Waals surface area (Å²) in [6, 6.07) is 13.8. The molecular formula is C17H15N3OS2. The second kappa shape index (κ2) is 6.49. The van der Waals surface area contributed by atoms with Crippen LogP contribution in [0.1, 0.15) is 23.5 Å². The van der Waals surface area contributed by atoms with E-state index in [1.165, 1.54) is 0 Å². The van der Waals surface area contributed by atoms with Crippen LogP contribution in [0.3, 0.4) is 0 Å². The fourth-order valence-corrected chi connectivity index (χ4v) is 3.79. The number of carbonyl (C=O) groups is 1. The van der Waals surface area contributed by atoms with Gasteiger partial charge in [-0.25, -0.2) is 0 Å². The molecule has 1 aromatic carbocycles. The van der Waals surface area contributed by atoms with Crippen molar-refractivity contribution in [3.63, 3.8) is 0 Å². The van der Waals surface area contributed by atoms with Crippen molar-refractivity contribution in [2.75, 3.05) is 4.90 Å². The number of hydrogen-bond donors (Lipinski definition) is 2. The molecule has 1 aliphatic rings. The molecule has 23 heavy (non-hydrogen) atoms. The molecule has 3 rings (SSSR count). The van der Waals surface area contributed by atoms with E-state index in [9.17, 15) is 10.1 Å². The van der Waals surface area contributed by atoms with Gasteiger partial charge in [0.05, 0.1) is 5.03 Å². The van der Waals surface area contributed by atoms with Crippen LogP contribution in [0, 0.1) is 11.3 Å². The maximum atomic E-state index is 12.2. The Morgan fingerprint density at radius 1 is 1.35 bits per heavy atom. The second-order valence-electron chi connectivity index (χ2n) is 5.05. The van der Waals surface area contributed by atoms with E-state index in [2.05, 4.69) is 24.9 Å². The molecule has 0 spiro atoms. The zero-order valence-electron chi connectivity index (χ0n) is 12.5. The summed E-state index contributed by atoms with van der Waals surface area (Å²) in [6.45, 7) is 2.08. The highest BCUT2D eigenvalue weighted by atomic mass is 32.1. The number of amides is 1. The second-order valence-corrected chi connectivity index (χ2v) is 6.46. The van der Waals surface area contributed by atoms with Gasteiger partial charge in [0.15, 0.2) is 0 Å². The molecule has 1 unspecified atom stereocenters. The van der Waals surface area contributed by atoms with Gasteiger partial charge in [-0.1, -0.05) is 31.2 Å². The average Bonchev–Trinajstić information content (AvgIpc) is 3.09. The van der Waals surface area contributed by atoms with E-state index in [0.717, 1.165) is 22.5 Å². The Kier molecular flexibility index (Phi) is 4.42. The van der Waals surface area contributed by atoms with Crippen LogP contribution in [-0.2, 0) is 11.2 Å². The summed E-state index contributed by atoms with van der Waals surface area (Å²) >= 11 is 6.06. The van der Waals surface area contributed by atoms with Crippen molar-refractivity contribution in [1.82, 2.24) is 5.32 Å². The third-order valence-corrected chi connectivity index (χ3v) is 5.13. The van der Waals surface area contributed by atoms with E-state index in [4.69, 9.17) is 0 Å². The standard InChI is InChI=1S/C17H15N3OS2/c1-2-11-6-3-4-7-13(11)20-15(14-8-5-9-23-14)19-16(21)12(10-18)17(20)22/h3-9,15,22H,2H2,1H3,(H,19,21). The monoisotopic (exact) mass is 341 g/mol. The van der Waals surface area contributed by atoms with Crippen molar-refractivity contribution in [2.45, 2.75) is 19.5 Å². The smallest absolute Gasteiger partial charge is 0.266 e. The number of nitriles is 1. The average molecular weight is 341 g/mol. The number of rotatable bonds is 3. The van der Waals surface area contributed by atoms with Crippen molar-refractivity contribution < 1.29 is 4.79 Å². The Labute approximate surface area is 144 Å². The van der Waals surface area contributed by atoms with Gasteiger partial charge in [0, 0.05) is 10.6 Å². The first-order valence-corrected chi connectivity index (χ1v) is 8.54. The highest BCUT2D eigenvalue weighted by molar-refractivity contribution is 7.84. The number of carbonyl (C=O) groups excluding carboxylic acids is 1. The molecule has 0 bridgehead atoms. The lowest BCUT2D eigenvalue weighted by molar-refractivity contribution is -0.118. The fourth-order valence-electron chi connectivity index (χ4n) is 2.65. The lowest BCUT2D eigenvalue weighted by atomic mass is 10.1. The molecule has 0 saturated carbocycles. The largest absolute Gasteiger partial charge is 0.326 e. The molecule has 4 nitrogen and oxygen atoms in total. The molecule has 1 atom stereocenters. The SMILES string of the molecule is CCc1ccccc1N1C(S)=C(C#N)C(=O)NC1c1cccs1. The van der Waals surface area contributed by atoms with Crippen LogP contribution < -0.4 is 10.2 Å². The van der Waals surface area contributed by atoms with Crippen LogP contribution >= 0.6 is 24.0 Å². The summed E-state index contributed by atoms with van der Waals surface area (Å²) in [5.74, 6) is -0.388. The molecule has 0 fully saturated rings. The number of para-hydroxylation sites is 1. The highest BCUT2D eigenvalue weighted by Gasteiger charge is 2.35. The van der Waals surface area contributed by atoms with E-state index in [1.807, 2.05) is 52.7 Å². The normalized spacial score (nSPS) is 17.9. The molecule has 1 aliphatic heterocycles. The zero-order chi connectivity index (χ0) is 16.4. The van der Waals surface area contributed by atoms with Crippen LogP contribution in [0.15, 0.2) is 52.4 Å². The fraction of sp³-hybridized carbons (Fsp3) is 0.176. The van der Waals surface area contributed by atoms with Gasteiger partial charge < -0.3 is 10.2 Å². The van der Waals surface area contributed by atoms with Crippen molar-refractivity contribution in [2.24, 2.45) is 0 Å². The minimum absolute atomic E-state index is 0.0343. The Balaban J connectivity index is 2.20. The Morgan fingerprint density at radius 3 is 2.78 bits per heavy atom. The maximum absolute atomic E-state index is 12.2. The molecule has 0 aliphatic carbocycles. The summed E-state index contributed by atoms with van der Waals surface area (Å²) in [5.41, 5.74) is 2.12. The van der Waals surface area contributed by atoms with Crippen molar-refractivity contribution in [3.05, 3.63) is 62.8 Å². The molecule has 0 radical (unpaired) electrons. The quantitative estimate of drug-likeness (QED) is 0.839.